The van der Waals surface area contributed by atoms with Crippen LogP contribution in [0.25, 0.3) is 0 Å². The lowest BCUT2D eigenvalue weighted by atomic mass is 10.0. The van der Waals surface area contributed by atoms with Crippen LogP contribution >= 0.6 is 0 Å². The lowest BCUT2D eigenvalue weighted by molar-refractivity contribution is 0.0289. The van der Waals surface area contributed by atoms with E-state index >= 15 is 0 Å². The summed E-state index contributed by atoms with van der Waals surface area (Å²) in [6.45, 7) is 1.50. The van der Waals surface area contributed by atoms with E-state index in [4.69, 9.17) is 14.2 Å². The van der Waals surface area contributed by atoms with Gasteiger partial charge < -0.3 is 24.4 Å². The Morgan fingerprint density at radius 2 is 1.35 bits per heavy atom. The number of methoxy groups -OCH3 is 3. The zero-order valence-corrected chi connectivity index (χ0v) is 10.4. The highest BCUT2D eigenvalue weighted by atomic mass is 16.5. The van der Waals surface area contributed by atoms with Gasteiger partial charge >= 0.3 is 0 Å². The van der Waals surface area contributed by atoms with E-state index in [9.17, 15) is 10.2 Å². The van der Waals surface area contributed by atoms with Gasteiger partial charge in [-0.2, -0.15) is 0 Å². The van der Waals surface area contributed by atoms with Crippen molar-refractivity contribution in [2.24, 2.45) is 0 Å². The molecule has 17 heavy (non-hydrogen) atoms. The molecule has 0 saturated heterocycles. The molecule has 0 saturated carbocycles. The quantitative estimate of drug-likeness (QED) is 0.810. The Balaban J connectivity index is 3.28. The van der Waals surface area contributed by atoms with Gasteiger partial charge in [-0.05, 0) is 13.0 Å². The van der Waals surface area contributed by atoms with Gasteiger partial charge in [0.25, 0.3) is 0 Å². The van der Waals surface area contributed by atoms with E-state index in [1.54, 1.807) is 12.1 Å². The molecule has 2 atom stereocenters. The molecule has 0 aliphatic carbocycles. The summed E-state index contributed by atoms with van der Waals surface area (Å²) in [5.74, 6) is 1.42. The van der Waals surface area contributed by atoms with Crippen molar-refractivity contribution in [1.29, 1.82) is 0 Å². The van der Waals surface area contributed by atoms with Gasteiger partial charge in [-0.15, -0.1) is 0 Å². The van der Waals surface area contributed by atoms with Gasteiger partial charge in [0.2, 0.25) is 0 Å². The zero-order valence-electron chi connectivity index (χ0n) is 10.4. The van der Waals surface area contributed by atoms with Gasteiger partial charge in [0.1, 0.15) is 11.9 Å². The Morgan fingerprint density at radius 3 is 1.76 bits per heavy atom. The Labute approximate surface area is 101 Å². The number of aliphatic hydroxyl groups excluding tert-OH is 2. The van der Waals surface area contributed by atoms with Gasteiger partial charge in [-0.3, -0.25) is 0 Å². The van der Waals surface area contributed by atoms with Crippen molar-refractivity contribution >= 4 is 0 Å². The van der Waals surface area contributed by atoms with Crippen molar-refractivity contribution in [3.8, 4) is 17.2 Å². The number of hydrogen-bond donors (Lipinski definition) is 2. The largest absolute Gasteiger partial charge is 0.496 e. The molecule has 2 N–H and O–H groups in total. The van der Waals surface area contributed by atoms with Crippen LogP contribution in [0, 0.1) is 0 Å². The van der Waals surface area contributed by atoms with Crippen molar-refractivity contribution in [2.45, 2.75) is 19.1 Å². The molecule has 0 aliphatic rings. The number of benzene rings is 1. The number of hydrogen-bond acceptors (Lipinski definition) is 5. The third-order valence-corrected chi connectivity index (χ3v) is 2.51. The fraction of sp³-hybridized carbons (Fsp3) is 0.500. The predicted octanol–water partition coefficient (Wildman–Crippen LogP) is 1.13. The van der Waals surface area contributed by atoms with Gasteiger partial charge in [-0.25, -0.2) is 0 Å². The number of aliphatic hydroxyl groups is 2. The second-order valence-electron chi connectivity index (χ2n) is 3.63. The van der Waals surface area contributed by atoms with E-state index in [1.807, 2.05) is 0 Å². The zero-order chi connectivity index (χ0) is 13.0. The van der Waals surface area contributed by atoms with Crippen LogP contribution in [0.5, 0.6) is 17.2 Å². The Bertz CT molecular complexity index is 375. The highest BCUT2D eigenvalue weighted by Gasteiger charge is 2.21. The third kappa shape index (κ3) is 2.81. The van der Waals surface area contributed by atoms with Gasteiger partial charge in [-0.1, -0.05) is 0 Å². The summed E-state index contributed by atoms with van der Waals surface area (Å²) >= 11 is 0. The fourth-order valence-electron chi connectivity index (χ4n) is 1.54. The molecule has 1 aromatic carbocycles. The number of ether oxygens (including phenoxy) is 3. The van der Waals surface area contributed by atoms with E-state index in [1.165, 1.54) is 28.3 Å². The fourth-order valence-corrected chi connectivity index (χ4v) is 1.54. The summed E-state index contributed by atoms with van der Waals surface area (Å²) in [5, 5.41) is 19.3. The molecule has 0 aromatic heterocycles. The summed E-state index contributed by atoms with van der Waals surface area (Å²) in [5.41, 5.74) is 0.458. The Morgan fingerprint density at radius 1 is 0.882 bits per heavy atom. The van der Waals surface area contributed by atoms with Crippen LogP contribution in [0.4, 0.5) is 0 Å². The van der Waals surface area contributed by atoms with Gasteiger partial charge in [0.05, 0.1) is 27.4 Å². The minimum absolute atomic E-state index is 0.441. The maximum atomic E-state index is 9.87. The molecule has 5 heteroatoms. The molecule has 0 heterocycles. The Hall–Kier alpha value is -1.46. The topological polar surface area (TPSA) is 68.2 Å². The normalized spacial score (nSPS) is 14.0. The molecule has 0 fully saturated rings. The van der Waals surface area contributed by atoms with Crippen LogP contribution in [-0.2, 0) is 0 Å². The minimum Gasteiger partial charge on any atom is -0.496 e. The van der Waals surface area contributed by atoms with Crippen molar-refractivity contribution in [3.63, 3.8) is 0 Å². The summed E-state index contributed by atoms with van der Waals surface area (Å²) in [6.07, 6.45) is -1.94. The average Bonchev–Trinajstić information content (AvgIpc) is 2.35. The SMILES string of the molecule is COc1cc(OC)c([C@@H](O)[C@H](C)O)cc1OC. The third-order valence-electron chi connectivity index (χ3n) is 2.51. The van der Waals surface area contributed by atoms with Crippen molar-refractivity contribution < 1.29 is 24.4 Å². The van der Waals surface area contributed by atoms with Crippen molar-refractivity contribution in [3.05, 3.63) is 17.7 Å². The average molecular weight is 242 g/mol. The first-order valence-electron chi connectivity index (χ1n) is 5.21. The molecular weight excluding hydrogens is 224 g/mol. The van der Waals surface area contributed by atoms with Crippen LogP contribution in [0.15, 0.2) is 12.1 Å². The maximum absolute atomic E-state index is 9.87. The monoisotopic (exact) mass is 242 g/mol. The van der Waals surface area contributed by atoms with Crippen molar-refractivity contribution in [1.82, 2.24) is 0 Å². The summed E-state index contributed by atoms with van der Waals surface area (Å²) in [4.78, 5) is 0. The molecular formula is C12H18O5. The predicted molar refractivity (Wildman–Crippen MR) is 62.7 cm³/mol. The summed E-state index contributed by atoms with van der Waals surface area (Å²) in [6, 6.07) is 3.20. The molecule has 0 bridgehead atoms. The van der Waals surface area contributed by atoms with E-state index in [2.05, 4.69) is 0 Å². The maximum Gasteiger partial charge on any atom is 0.164 e. The minimum atomic E-state index is -1.04. The molecule has 0 amide bonds. The highest BCUT2D eigenvalue weighted by Crippen LogP contribution is 2.38. The standard InChI is InChI=1S/C12H18O5/c1-7(13)12(14)8-5-10(16-3)11(17-4)6-9(8)15-2/h5-7,12-14H,1-4H3/t7-,12-/m0/s1. The first-order chi connectivity index (χ1) is 8.04. The molecule has 1 rings (SSSR count). The van der Waals surface area contributed by atoms with E-state index in [0.717, 1.165) is 0 Å². The molecule has 0 unspecified atom stereocenters. The number of rotatable bonds is 5. The van der Waals surface area contributed by atoms with Gasteiger partial charge in [0, 0.05) is 11.6 Å². The molecule has 1 aromatic rings. The molecule has 5 nitrogen and oxygen atoms in total. The van der Waals surface area contributed by atoms with Crippen LogP contribution in [0.1, 0.15) is 18.6 Å². The van der Waals surface area contributed by atoms with E-state index < -0.39 is 12.2 Å². The summed E-state index contributed by atoms with van der Waals surface area (Å²) < 4.78 is 15.4. The van der Waals surface area contributed by atoms with Crippen LogP contribution in [-0.4, -0.2) is 37.6 Å². The smallest absolute Gasteiger partial charge is 0.164 e. The van der Waals surface area contributed by atoms with E-state index in [0.29, 0.717) is 22.8 Å². The first-order valence-corrected chi connectivity index (χ1v) is 5.21. The second-order valence-corrected chi connectivity index (χ2v) is 3.63. The summed E-state index contributed by atoms with van der Waals surface area (Å²) in [7, 11) is 4.50. The Kier molecular flexibility index (Phi) is 4.60. The first kappa shape index (κ1) is 13.6. The molecule has 0 radical (unpaired) electrons. The lowest BCUT2D eigenvalue weighted by Gasteiger charge is -2.19. The van der Waals surface area contributed by atoms with Crippen molar-refractivity contribution in [2.75, 3.05) is 21.3 Å². The van der Waals surface area contributed by atoms with E-state index in [-0.39, 0.29) is 0 Å². The molecule has 0 aliphatic heterocycles. The second kappa shape index (κ2) is 5.75. The molecule has 96 valence electrons. The van der Waals surface area contributed by atoms with Crippen LogP contribution in [0.2, 0.25) is 0 Å². The van der Waals surface area contributed by atoms with Gasteiger partial charge in [0.15, 0.2) is 11.5 Å². The highest BCUT2D eigenvalue weighted by molar-refractivity contribution is 5.51. The van der Waals surface area contributed by atoms with Crippen LogP contribution < -0.4 is 14.2 Å². The lowest BCUT2D eigenvalue weighted by Crippen LogP contribution is -2.15. The van der Waals surface area contributed by atoms with Crippen LogP contribution in [0.3, 0.4) is 0 Å². The molecule has 0 spiro atoms.